The molecule has 3 heterocycles. The molecule has 0 bridgehead atoms. The third-order valence-corrected chi connectivity index (χ3v) is 4.62. The predicted molar refractivity (Wildman–Crippen MR) is 116 cm³/mol. The van der Waals surface area contributed by atoms with Crippen LogP contribution < -0.4 is 16.0 Å². The smallest absolute Gasteiger partial charge is 0.158 e. The fourth-order valence-corrected chi connectivity index (χ4v) is 3.23. The summed E-state index contributed by atoms with van der Waals surface area (Å²) in [5, 5.41) is 3.22. The van der Waals surface area contributed by atoms with Crippen molar-refractivity contribution in [3.8, 4) is 0 Å². The highest BCUT2D eigenvalue weighted by Crippen LogP contribution is 2.32. The Kier molecular flexibility index (Phi) is 6.03. The number of anilines is 3. The molecular weight excluding hydrogens is 350 g/mol. The number of nitrogens with zero attached hydrogens (tertiary/aromatic N) is 5. The van der Waals surface area contributed by atoms with Crippen LogP contribution in [0.5, 0.6) is 0 Å². The first-order valence-corrected chi connectivity index (χ1v) is 9.54. The Labute approximate surface area is 166 Å². The van der Waals surface area contributed by atoms with Gasteiger partial charge < -0.3 is 16.0 Å². The summed E-state index contributed by atoms with van der Waals surface area (Å²) in [6.45, 7) is 11.1. The van der Waals surface area contributed by atoms with Crippen LogP contribution in [0.25, 0.3) is 5.57 Å². The van der Waals surface area contributed by atoms with E-state index in [0.717, 1.165) is 48.5 Å². The van der Waals surface area contributed by atoms with E-state index in [4.69, 9.17) is 10.7 Å². The molecule has 146 valence electrons. The lowest BCUT2D eigenvalue weighted by Gasteiger charge is -2.28. The molecule has 28 heavy (non-hydrogen) atoms. The van der Waals surface area contributed by atoms with Crippen molar-refractivity contribution in [3.05, 3.63) is 54.5 Å². The van der Waals surface area contributed by atoms with E-state index < -0.39 is 0 Å². The molecule has 0 radical (unpaired) electrons. The molecule has 1 aliphatic rings. The van der Waals surface area contributed by atoms with Gasteiger partial charge in [0.05, 0.1) is 17.6 Å². The molecule has 7 heteroatoms. The summed E-state index contributed by atoms with van der Waals surface area (Å²) in [6.07, 6.45) is 8.18. The predicted octanol–water partition coefficient (Wildman–Crippen LogP) is 4.24. The molecular formula is C21H27N7. The van der Waals surface area contributed by atoms with E-state index in [1.807, 2.05) is 30.9 Å². The number of unbranched alkanes of at least 4 members (excludes halogenated alkanes) is 2. The van der Waals surface area contributed by atoms with Crippen LogP contribution in [-0.2, 0) is 0 Å². The zero-order valence-electron chi connectivity index (χ0n) is 16.7. The number of aromatic nitrogens is 3. The third-order valence-electron chi connectivity index (χ3n) is 4.62. The minimum atomic E-state index is 0.606. The lowest BCUT2D eigenvalue weighted by Crippen LogP contribution is -2.30. The van der Waals surface area contributed by atoms with Gasteiger partial charge in [-0.05, 0) is 32.4 Å². The van der Waals surface area contributed by atoms with Crippen LogP contribution in [0.1, 0.15) is 45.7 Å². The number of nitrogens with two attached hydrogens (primary N) is 1. The van der Waals surface area contributed by atoms with Gasteiger partial charge >= 0.3 is 0 Å². The lowest BCUT2D eigenvalue weighted by molar-refractivity contribution is 0.703. The highest BCUT2D eigenvalue weighted by molar-refractivity contribution is 6.27. The van der Waals surface area contributed by atoms with Crippen LogP contribution in [-0.4, -0.2) is 27.2 Å². The minimum Gasteiger partial charge on any atom is -0.396 e. The molecule has 0 saturated heterocycles. The maximum absolute atomic E-state index is 6.31. The molecule has 0 fully saturated rings. The maximum Gasteiger partial charge on any atom is 0.158 e. The van der Waals surface area contributed by atoms with Crippen LogP contribution >= 0.6 is 0 Å². The van der Waals surface area contributed by atoms with E-state index in [2.05, 4.69) is 33.8 Å². The first kappa shape index (κ1) is 19.5. The van der Waals surface area contributed by atoms with E-state index in [0.29, 0.717) is 23.1 Å². The quantitative estimate of drug-likeness (QED) is 0.635. The van der Waals surface area contributed by atoms with E-state index in [9.17, 15) is 0 Å². The largest absolute Gasteiger partial charge is 0.396 e. The Morgan fingerprint density at radius 3 is 2.68 bits per heavy atom. The summed E-state index contributed by atoms with van der Waals surface area (Å²) in [5.41, 5.74) is 10.9. The molecule has 3 N–H and O–H groups in total. The molecule has 2 aromatic heterocycles. The molecule has 0 aromatic carbocycles. The Morgan fingerprint density at radius 1 is 1.21 bits per heavy atom. The molecule has 0 atom stereocenters. The number of hydrogen-bond donors (Lipinski definition) is 2. The van der Waals surface area contributed by atoms with Crippen LogP contribution in [0.3, 0.4) is 0 Å². The van der Waals surface area contributed by atoms with Gasteiger partial charge in [0.2, 0.25) is 0 Å². The molecule has 0 spiro atoms. The van der Waals surface area contributed by atoms with Gasteiger partial charge in [0, 0.05) is 35.9 Å². The molecule has 0 amide bonds. The van der Waals surface area contributed by atoms with Crippen molar-refractivity contribution in [2.75, 3.05) is 22.5 Å². The molecule has 7 nitrogen and oxygen atoms in total. The highest BCUT2D eigenvalue weighted by atomic mass is 15.3. The van der Waals surface area contributed by atoms with Gasteiger partial charge in [0.25, 0.3) is 0 Å². The van der Waals surface area contributed by atoms with E-state index in [1.165, 1.54) is 0 Å². The first-order valence-electron chi connectivity index (χ1n) is 9.54. The average Bonchev–Trinajstić information content (AvgIpc) is 2.67. The fraction of sp³-hybridized carbons (Fsp3) is 0.333. The van der Waals surface area contributed by atoms with Gasteiger partial charge in [-0.1, -0.05) is 26.3 Å². The second kappa shape index (κ2) is 8.65. The summed E-state index contributed by atoms with van der Waals surface area (Å²) < 4.78 is 0. The Bertz CT molecular complexity index is 916. The number of nitrogens with one attached hydrogen (secondary N) is 1. The molecule has 2 aromatic rings. The van der Waals surface area contributed by atoms with Crippen molar-refractivity contribution in [2.45, 2.75) is 40.0 Å². The average molecular weight is 377 g/mol. The third kappa shape index (κ3) is 4.19. The van der Waals surface area contributed by atoms with Crippen molar-refractivity contribution in [1.29, 1.82) is 0 Å². The summed E-state index contributed by atoms with van der Waals surface area (Å²) >= 11 is 0. The lowest BCUT2D eigenvalue weighted by atomic mass is 10.00. The normalized spacial score (nSPS) is 13.0. The van der Waals surface area contributed by atoms with Gasteiger partial charge in [0.1, 0.15) is 11.6 Å². The number of rotatable bonds is 9. The summed E-state index contributed by atoms with van der Waals surface area (Å²) in [7, 11) is 0. The molecule has 0 unspecified atom stereocenters. The van der Waals surface area contributed by atoms with Gasteiger partial charge in [0.15, 0.2) is 5.82 Å². The standard InChI is InChI=1S/C21H27N7/c1-5-6-7-12-28(16(4)26-19-13-23-10-11-24-19)21-17(22)8-9-18(27-21)20-14(2)25-15(20)3/h8-11,13H,4-7,12,22H2,1-3H3,(H,24,26). The molecule has 0 aliphatic carbocycles. The van der Waals surface area contributed by atoms with Gasteiger partial charge in [-0.2, -0.15) is 0 Å². The van der Waals surface area contributed by atoms with Crippen LogP contribution in [0, 0.1) is 0 Å². The molecule has 0 saturated carbocycles. The number of pyridine rings is 1. The molecule has 1 aliphatic heterocycles. The Balaban J connectivity index is 1.91. The van der Waals surface area contributed by atoms with Crippen molar-refractivity contribution in [3.63, 3.8) is 0 Å². The Hall–Kier alpha value is -3.22. The van der Waals surface area contributed by atoms with Gasteiger partial charge in [-0.15, -0.1) is 0 Å². The number of aliphatic imine (C=N–C) groups is 1. The second-order valence-corrected chi connectivity index (χ2v) is 6.79. The van der Waals surface area contributed by atoms with Gasteiger partial charge in [-0.3, -0.25) is 9.98 Å². The maximum atomic E-state index is 6.31. The summed E-state index contributed by atoms with van der Waals surface area (Å²) in [5.74, 6) is 1.98. The van der Waals surface area contributed by atoms with E-state index in [-0.39, 0.29) is 0 Å². The fourth-order valence-electron chi connectivity index (χ4n) is 3.23. The van der Waals surface area contributed by atoms with Gasteiger partial charge in [-0.25, -0.2) is 9.97 Å². The van der Waals surface area contributed by atoms with E-state index >= 15 is 0 Å². The number of nitrogen functional groups attached to an aromatic ring is 1. The van der Waals surface area contributed by atoms with Crippen LogP contribution in [0.2, 0.25) is 0 Å². The molecule has 3 rings (SSSR count). The van der Waals surface area contributed by atoms with Crippen molar-refractivity contribution < 1.29 is 0 Å². The monoisotopic (exact) mass is 377 g/mol. The zero-order valence-corrected chi connectivity index (χ0v) is 16.7. The highest BCUT2D eigenvalue weighted by Gasteiger charge is 2.22. The summed E-state index contributed by atoms with van der Waals surface area (Å²) in [6, 6.07) is 3.84. The topological polar surface area (TPSA) is 92.3 Å². The van der Waals surface area contributed by atoms with Crippen LogP contribution in [0.15, 0.2) is 53.8 Å². The zero-order chi connectivity index (χ0) is 20.1. The Morgan fingerprint density at radius 2 is 2.04 bits per heavy atom. The number of allylic oxidation sites excluding steroid dienone is 2. The van der Waals surface area contributed by atoms with Crippen molar-refractivity contribution in [2.24, 2.45) is 4.99 Å². The van der Waals surface area contributed by atoms with Crippen LogP contribution in [0.4, 0.5) is 17.3 Å². The van der Waals surface area contributed by atoms with Crippen molar-refractivity contribution >= 4 is 28.6 Å². The summed E-state index contributed by atoms with van der Waals surface area (Å²) in [4.78, 5) is 19.6. The second-order valence-electron chi connectivity index (χ2n) is 6.79. The van der Waals surface area contributed by atoms with E-state index in [1.54, 1.807) is 18.6 Å². The first-order chi connectivity index (χ1) is 13.5. The minimum absolute atomic E-state index is 0.606. The number of hydrogen-bond acceptors (Lipinski definition) is 7. The SMILES string of the molecule is C=C(Nc1cnccn1)N(CCCCC)c1nc(C2=C(C)N=C2C)ccc1N. The van der Waals surface area contributed by atoms with Crippen molar-refractivity contribution in [1.82, 2.24) is 15.0 Å².